The van der Waals surface area contributed by atoms with Crippen molar-refractivity contribution in [2.24, 2.45) is 0 Å². The molecule has 5 nitrogen and oxygen atoms in total. The van der Waals surface area contributed by atoms with Crippen molar-refractivity contribution < 1.29 is 14.3 Å². The number of ether oxygens (including phenoxy) is 2. The molecule has 0 aliphatic rings. The number of hydrogen-bond donors (Lipinski definition) is 1. The second kappa shape index (κ2) is 8.31. The number of rotatable bonds is 8. The lowest BCUT2D eigenvalue weighted by molar-refractivity contribution is 0.0933. The van der Waals surface area contributed by atoms with Crippen molar-refractivity contribution in [2.45, 2.75) is 0 Å². The zero-order valence-electron chi connectivity index (χ0n) is 12.4. The third kappa shape index (κ3) is 4.41. The third-order valence-electron chi connectivity index (χ3n) is 2.80. The van der Waals surface area contributed by atoms with Crippen molar-refractivity contribution in [3.8, 4) is 16.3 Å². The normalized spacial score (nSPS) is 10.2. The molecule has 0 unspecified atom stereocenters. The third-order valence-corrected chi connectivity index (χ3v) is 3.69. The Kier molecular flexibility index (Phi) is 6.12. The Morgan fingerprint density at radius 2 is 2.18 bits per heavy atom. The van der Waals surface area contributed by atoms with Crippen LogP contribution in [0, 0.1) is 0 Å². The summed E-state index contributed by atoms with van der Waals surface area (Å²) in [6.07, 6.45) is 1.70. The Labute approximate surface area is 133 Å². The minimum absolute atomic E-state index is 0.189. The number of nitrogens with zero attached hydrogens (tertiary/aromatic N) is 1. The summed E-state index contributed by atoms with van der Waals surface area (Å²) in [6, 6.07) is 7.59. The number of carbonyl (C=O) groups is 1. The van der Waals surface area contributed by atoms with E-state index >= 15 is 0 Å². The van der Waals surface area contributed by atoms with E-state index in [1.165, 1.54) is 11.3 Å². The average Bonchev–Trinajstić information content (AvgIpc) is 3.03. The van der Waals surface area contributed by atoms with Gasteiger partial charge in [-0.3, -0.25) is 4.79 Å². The Morgan fingerprint density at radius 3 is 2.86 bits per heavy atom. The van der Waals surface area contributed by atoms with E-state index in [1.54, 1.807) is 18.6 Å². The van der Waals surface area contributed by atoms with Crippen LogP contribution < -0.4 is 10.1 Å². The Morgan fingerprint density at radius 1 is 1.41 bits per heavy atom. The zero-order valence-corrected chi connectivity index (χ0v) is 13.2. The van der Waals surface area contributed by atoms with Crippen molar-refractivity contribution in [3.05, 3.63) is 48.0 Å². The standard InChI is InChI=1S/C16H18N2O3S/c1-3-9-21-13-6-4-12(5-7-13)16-18-14(11-22-16)15(19)17-8-10-20-2/h3-7,11H,1,8-10H2,2H3,(H,17,19). The van der Waals surface area contributed by atoms with Gasteiger partial charge in [-0.25, -0.2) is 4.98 Å². The average molecular weight is 318 g/mol. The molecule has 1 heterocycles. The number of nitrogens with one attached hydrogen (secondary N) is 1. The van der Waals surface area contributed by atoms with Gasteiger partial charge in [-0.1, -0.05) is 12.7 Å². The summed E-state index contributed by atoms with van der Waals surface area (Å²) in [6.45, 7) is 5.03. The SMILES string of the molecule is C=CCOc1ccc(-c2nc(C(=O)NCCOC)cs2)cc1. The van der Waals surface area contributed by atoms with Crippen LogP contribution >= 0.6 is 11.3 Å². The quantitative estimate of drug-likeness (QED) is 0.600. The van der Waals surface area contributed by atoms with Gasteiger partial charge in [0.05, 0.1) is 6.61 Å². The lowest BCUT2D eigenvalue weighted by Gasteiger charge is -2.03. The van der Waals surface area contributed by atoms with Crippen LogP contribution in [0.3, 0.4) is 0 Å². The van der Waals surface area contributed by atoms with E-state index in [-0.39, 0.29) is 5.91 Å². The molecule has 0 spiro atoms. The molecule has 0 aliphatic carbocycles. The predicted molar refractivity (Wildman–Crippen MR) is 87.5 cm³/mol. The molecule has 0 saturated carbocycles. The van der Waals surface area contributed by atoms with Crippen LogP contribution in [0.1, 0.15) is 10.5 Å². The van der Waals surface area contributed by atoms with E-state index in [1.807, 2.05) is 24.3 Å². The summed E-state index contributed by atoms with van der Waals surface area (Å²) in [5, 5.41) is 5.30. The molecular weight excluding hydrogens is 300 g/mol. The van der Waals surface area contributed by atoms with Crippen molar-refractivity contribution in [1.29, 1.82) is 0 Å². The maximum atomic E-state index is 11.9. The van der Waals surface area contributed by atoms with Gasteiger partial charge in [0.2, 0.25) is 0 Å². The van der Waals surface area contributed by atoms with Gasteiger partial charge < -0.3 is 14.8 Å². The fourth-order valence-corrected chi connectivity index (χ4v) is 2.52. The van der Waals surface area contributed by atoms with Gasteiger partial charge >= 0.3 is 0 Å². The molecule has 0 fully saturated rings. The molecule has 0 bridgehead atoms. The maximum absolute atomic E-state index is 11.9. The van der Waals surface area contributed by atoms with Crippen LogP contribution in [0.15, 0.2) is 42.3 Å². The number of aromatic nitrogens is 1. The molecule has 1 amide bonds. The highest BCUT2D eigenvalue weighted by Gasteiger charge is 2.11. The fourth-order valence-electron chi connectivity index (χ4n) is 1.72. The maximum Gasteiger partial charge on any atom is 0.270 e. The molecule has 0 saturated heterocycles. The van der Waals surface area contributed by atoms with E-state index in [9.17, 15) is 4.79 Å². The first-order valence-electron chi connectivity index (χ1n) is 6.81. The molecule has 0 aliphatic heterocycles. The molecule has 1 aromatic heterocycles. The highest BCUT2D eigenvalue weighted by atomic mass is 32.1. The summed E-state index contributed by atoms with van der Waals surface area (Å²) in [7, 11) is 1.59. The van der Waals surface area contributed by atoms with Gasteiger partial charge in [0, 0.05) is 24.6 Å². The first-order valence-corrected chi connectivity index (χ1v) is 7.69. The topological polar surface area (TPSA) is 60.5 Å². The van der Waals surface area contributed by atoms with Crippen LogP contribution in [0.25, 0.3) is 10.6 Å². The summed E-state index contributed by atoms with van der Waals surface area (Å²) < 4.78 is 10.3. The van der Waals surface area contributed by atoms with Crippen LogP contribution in [0.4, 0.5) is 0 Å². The van der Waals surface area contributed by atoms with Crippen LogP contribution in [-0.4, -0.2) is 37.8 Å². The van der Waals surface area contributed by atoms with E-state index in [2.05, 4.69) is 16.9 Å². The van der Waals surface area contributed by atoms with Gasteiger partial charge in [0.25, 0.3) is 5.91 Å². The minimum Gasteiger partial charge on any atom is -0.490 e. The number of benzene rings is 1. The first-order chi connectivity index (χ1) is 10.7. The monoisotopic (exact) mass is 318 g/mol. The summed E-state index contributed by atoms with van der Waals surface area (Å²) in [4.78, 5) is 16.2. The van der Waals surface area contributed by atoms with E-state index in [4.69, 9.17) is 9.47 Å². The minimum atomic E-state index is -0.189. The van der Waals surface area contributed by atoms with Gasteiger partial charge in [-0.05, 0) is 24.3 Å². The Balaban J connectivity index is 2.01. The molecule has 2 rings (SSSR count). The van der Waals surface area contributed by atoms with E-state index in [0.717, 1.165) is 16.3 Å². The Hall–Kier alpha value is -2.18. The van der Waals surface area contributed by atoms with Crippen molar-refractivity contribution in [3.63, 3.8) is 0 Å². The number of methoxy groups -OCH3 is 1. The van der Waals surface area contributed by atoms with Gasteiger partial charge in [-0.15, -0.1) is 11.3 Å². The van der Waals surface area contributed by atoms with E-state index in [0.29, 0.717) is 25.5 Å². The second-order valence-corrected chi connectivity index (χ2v) is 5.27. The molecule has 0 radical (unpaired) electrons. The summed E-state index contributed by atoms with van der Waals surface area (Å²) >= 11 is 1.43. The lowest BCUT2D eigenvalue weighted by atomic mass is 10.2. The molecule has 1 aromatic carbocycles. The van der Waals surface area contributed by atoms with Gasteiger partial charge in [0.15, 0.2) is 0 Å². The summed E-state index contributed by atoms with van der Waals surface area (Å²) in [5.41, 5.74) is 1.37. The number of hydrogen-bond acceptors (Lipinski definition) is 5. The highest BCUT2D eigenvalue weighted by molar-refractivity contribution is 7.13. The molecular formula is C16H18N2O3S. The largest absolute Gasteiger partial charge is 0.490 e. The molecule has 116 valence electrons. The smallest absolute Gasteiger partial charge is 0.270 e. The molecule has 1 N–H and O–H groups in total. The first kappa shape index (κ1) is 16.2. The number of amides is 1. The molecule has 6 heteroatoms. The van der Waals surface area contributed by atoms with Gasteiger partial charge in [0.1, 0.15) is 23.1 Å². The lowest BCUT2D eigenvalue weighted by Crippen LogP contribution is -2.27. The number of carbonyl (C=O) groups excluding carboxylic acids is 1. The van der Waals surface area contributed by atoms with Crippen LogP contribution in [0.5, 0.6) is 5.75 Å². The van der Waals surface area contributed by atoms with Crippen LogP contribution in [-0.2, 0) is 4.74 Å². The molecule has 2 aromatic rings. The van der Waals surface area contributed by atoms with E-state index < -0.39 is 0 Å². The summed E-state index contributed by atoms with van der Waals surface area (Å²) in [5.74, 6) is 0.586. The second-order valence-electron chi connectivity index (χ2n) is 4.41. The van der Waals surface area contributed by atoms with Crippen LogP contribution in [0.2, 0.25) is 0 Å². The van der Waals surface area contributed by atoms with Crippen molar-refractivity contribution in [1.82, 2.24) is 10.3 Å². The van der Waals surface area contributed by atoms with Crippen molar-refractivity contribution in [2.75, 3.05) is 26.9 Å². The molecule has 22 heavy (non-hydrogen) atoms. The highest BCUT2D eigenvalue weighted by Crippen LogP contribution is 2.25. The fraction of sp³-hybridized carbons (Fsp3) is 0.250. The van der Waals surface area contributed by atoms with Gasteiger partial charge in [-0.2, -0.15) is 0 Å². The van der Waals surface area contributed by atoms with Crippen molar-refractivity contribution >= 4 is 17.2 Å². The predicted octanol–water partition coefficient (Wildman–Crippen LogP) is 2.75. The zero-order chi connectivity index (χ0) is 15.8. The molecule has 0 atom stereocenters. The Bertz CT molecular complexity index is 623. The number of thiazole rings is 1.